The van der Waals surface area contributed by atoms with Crippen molar-refractivity contribution in [2.75, 3.05) is 18.0 Å². The fourth-order valence-corrected chi connectivity index (χ4v) is 4.69. The molecule has 3 unspecified atom stereocenters. The first kappa shape index (κ1) is 17.0. The van der Waals surface area contributed by atoms with Gasteiger partial charge < -0.3 is 9.69 Å². The predicted octanol–water partition coefficient (Wildman–Crippen LogP) is 0.108. The molecule has 3 atom stereocenters. The van der Waals surface area contributed by atoms with Crippen LogP contribution in [0.1, 0.15) is 33.6 Å². The highest BCUT2D eigenvalue weighted by molar-refractivity contribution is 6.23. The number of carbonyl (C=O) groups excluding carboxylic acids is 5. The highest BCUT2D eigenvalue weighted by atomic mass is 19.1. The second-order valence-electron chi connectivity index (χ2n) is 7.74. The van der Waals surface area contributed by atoms with Gasteiger partial charge in [-0.1, -0.05) is 0 Å². The molecule has 1 saturated carbocycles. The lowest BCUT2D eigenvalue weighted by atomic mass is 10.0. The Morgan fingerprint density at radius 2 is 1.68 bits per heavy atom. The number of carbonyl (C=O) groups is 5. The van der Waals surface area contributed by atoms with Crippen LogP contribution in [0.3, 0.4) is 0 Å². The average Bonchev–Trinajstić information content (AvgIpc) is 3.02. The fourth-order valence-electron chi connectivity index (χ4n) is 4.69. The normalized spacial score (nSPS) is 31.0. The molecule has 4 amide bonds. The molecular weight excluding hydrogens is 369 g/mol. The van der Waals surface area contributed by atoms with Crippen LogP contribution in [-0.4, -0.2) is 53.9 Å². The molecule has 9 heteroatoms. The maximum atomic E-state index is 14.7. The molecule has 5 rings (SSSR count). The average molecular weight is 385 g/mol. The number of nitrogens with one attached hydrogen (secondary N) is 1. The molecule has 144 valence electrons. The summed E-state index contributed by atoms with van der Waals surface area (Å²) in [4.78, 5) is 62.5. The molecule has 3 fully saturated rings. The first-order valence-electron chi connectivity index (χ1n) is 9.16. The lowest BCUT2D eigenvalue weighted by molar-refractivity contribution is -0.136. The highest BCUT2D eigenvalue weighted by Gasteiger charge is 2.56. The summed E-state index contributed by atoms with van der Waals surface area (Å²) in [7, 11) is 0. The molecule has 1 aromatic carbocycles. The standard InChI is InChI=1S/C19H16FN3O5/c20-13-3-8-9(4-15(13)22-5-10-11(6-22)12(10)7-24)19(28)23(18(8)27)14-1-2-16(25)21-17(14)26/h3-4,7,10-12,14H,1-2,5-6H2,(H,21,25,26). The Bertz CT molecular complexity index is 965. The van der Waals surface area contributed by atoms with Gasteiger partial charge in [0.15, 0.2) is 0 Å². The van der Waals surface area contributed by atoms with E-state index in [1.807, 2.05) is 0 Å². The van der Waals surface area contributed by atoms with Crippen molar-refractivity contribution in [1.82, 2.24) is 10.2 Å². The number of benzene rings is 1. The molecule has 0 radical (unpaired) electrons. The molecule has 1 aliphatic carbocycles. The van der Waals surface area contributed by atoms with E-state index in [1.165, 1.54) is 6.07 Å². The number of aldehydes is 1. The van der Waals surface area contributed by atoms with Crippen molar-refractivity contribution in [3.05, 3.63) is 29.1 Å². The number of amides is 4. The summed E-state index contributed by atoms with van der Waals surface area (Å²) in [6.45, 7) is 1.06. The van der Waals surface area contributed by atoms with Crippen molar-refractivity contribution in [3.8, 4) is 0 Å². The summed E-state index contributed by atoms with van der Waals surface area (Å²) >= 11 is 0. The van der Waals surface area contributed by atoms with E-state index < -0.39 is 35.5 Å². The Hall–Kier alpha value is -3.10. The molecule has 1 aromatic rings. The van der Waals surface area contributed by atoms with E-state index in [0.29, 0.717) is 13.1 Å². The third kappa shape index (κ3) is 2.25. The van der Waals surface area contributed by atoms with Gasteiger partial charge in [0.05, 0.1) is 16.8 Å². The predicted molar refractivity (Wildman–Crippen MR) is 91.8 cm³/mol. The number of anilines is 1. The number of imide groups is 2. The SMILES string of the molecule is O=CC1C2CN(c3cc4c(cc3F)C(=O)N(C3CCC(=O)NC3=O)C4=O)CC12. The van der Waals surface area contributed by atoms with E-state index in [0.717, 1.165) is 17.3 Å². The molecule has 0 spiro atoms. The Morgan fingerprint density at radius 3 is 2.29 bits per heavy atom. The smallest absolute Gasteiger partial charge is 0.262 e. The quantitative estimate of drug-likeness (QED) is 0.585. The highest BCUT2D eigenvalue weighted by Crippen LogP contribution is 2.51. The van der Waals surface area contributed by atoms with Crippen molar-refractivity contribution in [1.29, 1.82) is 0 Å². The minimum absolute atomic E-state index is 0.0257. The first-order chi connectivity index (χ1) is 13.4. The van der Waals surface area contributed by atoms with Gasteiger partial charge in [-0.2, -0.15) is 0 Å². The van der Waals surface area contributed by atoms with Crippen LogP contribution in [0.4, 0.5) is 10.1 Å². The minimum Gasteiger partial charge on any atom is -0.369 e. The lowest BCUT2D eigenvalue weighted by Gasteiger charge is -2.27. The molecule has 3 aliphatic heterocycles. The van der Waals surface area contributed by atoms with Crippen LogP contribution in [0.15, 0.2) is 12.1 Å². The van der Waals surface area contributed by atoms with Gasteiger partial charge in [-0.05, 0) is 30.4 Å². The summed E-state index contributed by atoms with van der Waals surface area (Å²) in [5.74, 6) is -2.71. The van der Waals surface area contributed by atoms with Crippen LogP contribution in [0.5, 0.6) is 0 Å². The molecule has 0 bridgehead atoms. The number of halogens is 1. The van der Waals surface area contributed by atoms with Gasteiger partial charge >= 0.3 is 0 Å². The van der Waals surface area contributed by atoms with E-state index in [4.69, 9.17) is 0 Å². The Labute approximate surface area is 158 Å². The fraction of sp³-hybridized carbons (Fsp3) is 0.421. The summed E-state index contributed by atoms with van der Waals surface area (Å²) in [6, 6.07) is 1.32. The van der Waals surface area contributed by atoms with Crippen LogP contribution in [-0.2, 0) is 14.4 Å². The minimum atomic E-state index is -1.08. The van der Waals surface area contributed by atoms with Crippen LogP contribution in [0.25, 0.3) is 0 Å². The van der Waals surface area contributed by atoms with Gasteiger partial charge in [0.25, 0.3) is 11.8 Å². The van der Waals surface area contributed by atoms with Crippen LogP contribution >= 0.6 is 0 Å². The summed E-state index contributed by atoms with van der Waals surface area (Å²) in [6.07, 6.45) is 1.01. The van der Waals surface area contributed by atoms with Crippen molar-refractivity contribution in [2.45, 2.75) is 18.9 Å². The summed E-state index contributed by atoms with van der Waals surface area (Å²) in [5, 5.41) is 2.13. The molecule has 0 aromatic heterocycles. The second-order valence-corrected chi connectivity index (χ2v) is 7.74. The van der Waals surface area contributed by atoms with E-state index in [2.05, 4.69) is 5.32 Å². The lowest BCUT2D eigenvalue weighted by Crippen LogP contribution is -2.54. The number of piperidine rings is 2. The number of hydrogen-bond acceptors (Lipinski definition) is 6. The van der Waals surface area contributed by atoms with Gasteiger partial charge in [0, 0.05) is 25.4 Å². The molecule has 3 heterocycles. The third-order valence-electron chi connectivity index (χ3n) is 6.27. The zero-order chi connectivity index (χ0) is 19.7. The Balaban J connectivity index is 1.44. The van der Waals surface area contributed by atoms with Crippen LogP contribution in [0.2, 0.25) is 0 Å². The topological polar surface area (TPSA) is 104 Å². The maximum Gasteiger partial charge on any atom is 0.262 e. The van der Waals surface area contributed by atoms with Crippen LogP contribution in [0, 0.1) is 23.6 Å². The zero-order valence-electron chi connectivity index (χ0n) is 14.7. The van der Waals surface area contributed by atoms with Gasteiger partial charge in [-0.3, -0.25) is 29.4 Å². The zero-order valence-corrected chi connectivity index (χ0v) is 14.7. The molecule has 8 nitrogen and oxygen atoms in total. The van der Waals surface area contributed by atoms with Crippen molar-refractivity contribution < 1.29 is 28.4 Å². The van der Waals surface area contributed by atoms with Crippen LogP contribution < -0.4 is 10.2 Å². The summed E-state index contributed by atoms with van der Waals surface area (Å²) < 4.78 is 14.7. The van der Waals surface area contributed by atoms with Gasteiger partial charge in [0.1, 0.15) is 18.1 Å². The molecule has 28 heavy (non-hydrogen) atoms. The third-order valence-corrected chi connectivity index (χ3v) is 6.27. The molecule has 1 N–H and O–H groups in total. The number of fused-ring (bicyclic) bond motifs is 2. The molecule has 4 aliphatic rings. The van der Waals surface area contributed by atoms with Crippen molar-refractivity contribution in [3.63, 3.8) is 0 Å². The van der Waals surface area contributed by atoms with E-state index in [9.17, 15) is 28.4 Å². The van der Waals surface area contributed by atoms with Gasteiger partial charge in [-0.25, -0.2) is 4.39 Å². The largest absolute Gasteiger partial charge is 0.369 e. The maximum absolute atomic E-state index is 14.7. The summed E-state index contributed by atoms with van der Waals surface area (Å²) in [5.41, 5.74) is 0.201. The van der Waals surface area contributed by atoms with E-state index >= 15 is 0 Å². The first-order valence-corrected chi connectivity index (χ1v) is 9.16. The number of rotatable bonds is 3. The Morgan fingerprint density at radius 1 is 1.04 bits per heavy atom. The Kier molecular flexibility index (Phi) is 3.47. The van der Waals surface area contributed by atoms with E-state index in [1.54, 1.807) is 4.90 Å². The van der Waals surface area contributed by atoms with Crippen molar-refractivity contribution in [2.24, 2.45) is 17.8 Å². The molecular formula is C19H16FN3O5. The van der Waals surface area contributed by atoms with Crippen molar-refractivity contribution >= 4 is 35.6 Å². The number of hydrogen-bond donors (Lipinski definition) is 1. The molecule has 2 saturated heterocycles. The second kappa shape index (κ2) is 5.70. The monoisotopic (exact) mass is 385 g/mol. The van der Waals surface area contributed by atoms with Gasteiger partial charge in [0.2, 0.25) is 11.8 Å². The van der Waals surface area contributed by atoms with E-state index in [-0.39, 0.29) is 47.4 Å². The van der Waals surface area contributed by atoms with Gasteiger partial charge in [-0.15, -0.1) is 0 Å². The number of nitrogens with zero attached hydrogens (tertiary/aromatic N) is 2.